The van der Waals surface area contributed by atoms with Crippen molar-refractivity contribution in [1.29, 1.82) is 0 Å². The van der Waals surface area contributed by atoms with Gasteiger partial charge in [-0.2, -0.15) is 0 Å². The summed E-state index contributed by atoms with van der Waals surface area (Å²) in [4.78, 5) is 2.47. The van der Waals surface area contributed by atoms with Crippen LogP contribution in [0.4, 0.5) is 0 Å². The third-order valence-corrected chi connectivity index (χ3v) is 5.78. The Hall–Kier alpha value is 0.0600. The first-order chi connectivity index (χ1) is 9.63. The minimum absolute atomic E-state index is 0.183. The SMILES string of the molecule is COCCN1CCCCC(N)C1c1ccc(Br)c(Br)c1. The molecule has 112 valence electrons. The van der Waals surface area contributed by atoms with Gasteiger partial charge in [-0.25, -0.2) is 0 Å². The van der Waals surface area contributed by atoms with Gasteiger partial charge in [-0.1, -0.05) is 12.5 Å². The molecule has 2 atom stereocenters. The van der Waals surface area contributed by atoms with Crippen LogP contribution >= 0.6 is 31.9 Å². The number of hydrogen-bond acceptors (Lipinski definition) is 3. The van der Waals surface area contributed by atoms with Gasteiger partial charge in [0.25, 0.3) is 0 Å². The van der Waals surface area contributed by atoms with Crippen LogP contribution < -0.4 is 5.73 Å². The van der Waals surface area contributed by atoms with Crippen molar-refractivity contribution in [3.05, 3.63) is 32.7 Å². The van der Waals surface area contributed by atoms with Crippen molar-refractivity contribution >= 4 is 31.9 Å². The van der Waals surface area contributed by atoms with Gasteiger partial charge in [0.1, 0.15) is 0 Å². The fraction of sp³-hybridized carbons (Fsp3) is 0.600. The number of hydrogen-bond donors (Lipinski definition) is 1. The van der Waals surface area contributed by atoms with Crippen molar-refractivity contribution < 1.29 is 4.74 Å². The second-order valence-electron chi connectivity index (χ2n) is 5.31. The lowest BCUT2D eigenvalue weighted by molar-refractivity contribution is 0.115. The lowest BCUT2D eigenvalue weighted by atomic mass is 9.96. The third-order valence-electron chi connectivity index (χ3n) is 3.90. The number of nitrogens with two attached hydrogens (primary N) is 1. The molecule has 1 aromatic carbocycles. The topological polar surface area (TPSA) is 38.5 Å². The van der Waals surface area contributed by atoms with Gasteiger partial charge in [-0.05, 0) is 68.9 Å². The highest BCUT2D eigenvalue weighted by atomic mass is 79.9. The van der Waals surface area contributed by atoms with Gasteiger partial charge < -0.3 is 10.5 Å². The fourth-order valence-electron chi connectivity index (χ4n) is 2.88. The van der Waals surface area contributed by atoms with Crippen LogP contribution in [-0.2, 0) is 4.74 Å². The number of methoxy groups -OCH3 is 1. The van der Waals surface area contributed by atoms with E-state index in [0.29, 0.717) is 0 Å². The average Bonchev–Trinajstić information content (AvgIpc) is 2.61. The first kappa shape index (κ1) is 16.4. The van der Waals surface area contributed by atoms with Crippen molar-refractivity contribution in [3.8, 4) is 0 Å². The highest BCUT2D eigenvalue weighted by Gasteiger charge is 2.28. The van der Waals surface area contributed by atoms with Crippen molar-refractivity contribution in [2.75, 3.05) is 26.8 Å². The summed E-state index contributed by atoms with van der Waals surface area (Å²) in [5.41, 5.74) is 7.73. The van der Waals surface area contributed by atoms with Gasteiger partial charge in [-0.3, -0.25) is 4.90 Å². The molecule has 2 unspecified atom stereocenters. The minimum Gasteiger partial charge on any atom is -0.383 e. The zero-order valence-corrected chi connectivity index (χ0v) is 15.0. The van der Waals surface area contributed by atoms with Crippen LogP contribution in [0.25, 0.3) is 0 Å². The molecule has 1 fully saturated rings. The molecule has 0 aromatic heterocycles. The number of likely N-dealkylation sites (tertiary alicyclic amines) is 1. The molecule has 2 rings (SSSR count). The van der Waals surface area contributed by atoms with Crippen molar-refractivity contribution in [1.82, 2.24) is 4.90 Å². The molecule has 1 aliphatic rings. The molecule has 3 nitrogen and oxygen atoms in total. The van der Waals surface area contributed by atoms with Crippen LogP contribution in [0.15, 0.2) is 27.1 Å². The van der Waals surface area contributed by atoms with E-state index in [1.54, 1.807) is 7.11 Å². The van der Waals surface area contributed by atoms with Gasteiger partial charge in [-0.15, -0.1) is 0 Å². The van der Waals surface area contributed by atoms with E-state index >= 15 is 0 Å². The van der Waals surface area contributed by atoms with Crippen LogP contribution in [0.2, 0.25) is 0 Å². The molecule has 0 radical (unpaired) electrons. The Morgan fingerprint density at radius 1 is 1.30 bits per heavy atom. The molecule has 0 saturated carbocycles. The maximum Gasteiger partial charge on any atom is 0.0589 e. The first-order valence-electron chi connectivity index (χ1n) is 7.07. The van der Waals surface area contributed by atoms with E-state index in [9.17, 15) is 0 Å². The van der Waals surface area contributed by atoms with Crippen LogP contribution in [-0.4, -0.2) is 37.7 Å². The molecule has 2 N–H and O–H groups in total. The Morgan fingerprint density at radius 2 is 2.10 bits per heavy atom. The predicted molar refractivity (Wildman–Crippen MR) is 89.9 cm³/mol. The second-order valence-corrected chi connectivity index (χ2v) is 7.02. The van der Waals surface area contributed by atoms with E-state index in [2.05, 4.69) is 55.0 Å². The highest BCUT2D eigenvalue weighted by Crippen LogP contribution is 2.33. The molecular formula is C15H22Br2N2O. The Balaban J connectivity index is 2.26. The predicted octanol–water partition coefficient (Wildman–Crippen LogP) is 3.71. The van der Waals surface area contributed by atoms with Gasteiger partial charge in [0.15, 0.2) is 0 Å². The highest BCUT2D eigenvalue weighted by molar-refractivity contribution is 9.13. The molecule has 5 heteroatoms. The monoisotopic (exact) mass is 404 g/mol. The largest absolute Gasteiger partial charge is 0.383 e. The molecule has 1 saturated heterocycles. The van der Waals surface area contributed by atoms with E-state index < -0.39 is 0 Å². The maximum atomic E-state index is 6.45. The zero-order valence-electron chi connectivity index (χ0n) is 11.8. The van der Waals surface area contributed by atoms with Crippen LogP contribution in [0.1, 0.15) is 30.9 Å². The van der Waals surface area contributed by atoms with E-state index in [1.807, 2.05) is 0 Å². The van der Waals surface area contributed by atoms with Crippen molar-refractivity contribution in [3.63, 3.8) is 0 Å². The molecule has 0 spiro atoms. The van der Waals surface area contributed by atoms with Gasteiger partial charge in [0.05, 0.1) is 12.6 Å². The first-order valence-corrected chi connectivity index (χ1v) is 8.65. The van der Waals surface area contributed by atoms with E-state index in [0.717, 1.165) is 35.1 Å². The maximum absolute atomic E-state index is 6.45. The third kappa shape index (κ3) is 4.04. The molecule has 20 heavy (non-hydrogen) atoms. The van der Waals surface area contributed by atoms with Crippen molar-refractivity contribution in [2.45, 2.75) is 31.3 Å². The number of rotatable bonds is 4. The Morgan fingerprint density at radius 3 is 2.80 bits per heavy atom. The summed E-state index contributed by atoms with van der Waals surface area (Å²) in [6, 6.07) is 6.90. The van der Waals surface area contributed by atoms with Gasteiger partial charge in [0.2, 0.25) is 0 Å². The van der Waals surface area contributed by atoms with Crippen LogP contribution in [0.5, 0.6) is 0 Å². The molecule has 1 heterocycles. The van der Waals surface area contributed by atoms with Gasteiger partial charge >= 0.3 is 0 Å². The minimum atomic E-state index is 0.183. The summed E-state index contributed by atoms with van der Waals surface area (Å²) in [5.74, 6) is 0. The number of halogens is 2. The molecule has 0 amide bonds. The van der Waals surface area contributed by atoms with E-state index in [4.69, 9.17) is 10.5 Å². The molecule has 1 aromatic rings. The Kier molecular flexibility index (Phi) is 6.49. The smallest absolute Gasteiger partial charge is 0.0589 e. The molecule has 1 aliphatic heterocycles. The van der Waals surface area contributed by atoms with Gasteiger partial charge in [0, 0.05) is 28.6 Å². The molecule has 0 bridgehead atoms. The summed E-state index contributed by atoms with van der Waals surface area (Å²) >= 11 is 7.12. The molecule has 0 aliphatic carbocycles. The van der Waals surface area contributed by atoms with E-state index in [-0.39, 0.29) is 12.1 Å². The zero-order chi connectivity index (χ0) is 14.5. The quantitative estimate of drug-likeness (QED) is 0.829. The number of benzene rings is 1. The standard InChI is InChI=1S/C15H22Br2N2O/c1-20-9-8-19-7-3-2-4-14(18)15(19)11-5-6-12(16)13(17)10-11/h5-6,10,14-15H,2-4,7-9,18H2,1H3. The number of nitrogens with zero attached hydrogens (tertiary/aromatic N) is 1. The summed E-state index contributed by atoms with van der Waals surface area (Å²) in [6.45, 7) is 2.78. The lowest BCUT2D eigenvalue weighted by Gasteiger charge is -2.33. The van der Waals surface area contributed by atoms with Crippen LogP contribution in [0.3, 0.4) is 0 Å². The Labute approximate surface area is 138 Å². The second kappa shape index (κ2) is 7.90. The summed E-state index contributed by atoms with van der Waals surface area (Å²) in [6.07, 6.45) is 3.51. The fourth-order valence-corrected chi connectivity index (χ4v) is 3.52. The number of ether oxygens (including phenoxy) is 1. The van der Waals surface area contributed by atoms with E-state index in [1.165, 1.54) is 18.4 Å². The Bertz CT molecular complexity index is 442. The average molecular weight is 406 g/mol. The molecular weight excluding hydrogens is 384 g/mol. The van der Waals surface area contributed by atoms with Crippen molar-refractivity contribution in [2.24, 2.45) is 5.73 Å². The lowest BCUT2D eigenvalue weighted by Crippen LogP contribution is -2.41. The normalized spacial score (nSPS) is 24.6. The summed E-state index contributed by atoms with van der Waals surface area (Å²) < 4.78 is 7.41. The van der Waals surface area contributed by atoms with Crippen LogP contribution in [0, 0.1) is 0 Å². The summed E-state index contributed by atoms with van der Waals surface area (Å²) in [7, 11) is 1.75. The summed E-state index contributed by atoms with van der Waals surface area (Å²) in [5, 5.41) is 0.